The van der Waals surface area contributed by atoms with Crippen molar-refractivity contribution in [1.82, 2.24) is 9.97 Å². The smallest absolute Gasteiger partial charge is 0.155 e. The van der Waals surface area contributed by atoms with Crippen molar-refractivity contribution in [3.8, 4) is 0 Å². The van der Waals surface area contributed by atoms with E-state index >= 15 is 0 Å². The molecule has 0 amide bonds. The van der Waals surface area contributed by atoms with Crippen LogP contribution in [0.15, 0.2) is 17.4 Å². The minimum Gasteiger partial charge on any atom is -0.377 e. The number of fused-ring (bicyclic) bond motifs is 1. The number of nitrogens with zero attached hydrogens (tertiary/aromatic N) is 3. The molecule has 0 radical (unpaired) electrons. The summed E-state index contributed by atoms with van der Waals surface area (Å²) in [6, 6.07) is 0. The summed E-state index contributed by atoms with van der Waals surface area (Å²) < 4.78 is 4.95. The van der Waals surface area contributed by atoms with Crippen LogP contribution in [0.3, 0.4) is 0 Å². The van der Waals surface area contributed by atoms with Crippen LogP contribution in [0.2, 0.25) is 0 Å². The second-order valence-corrected chi connectivity index (χ2v) is 2.67. The topological polar surface area (TPSA) is 59.4 Å². The van der Waals surface area contributed by atoms with Crippen molar-refractivity contribution in [3.63, 3.8) is 0 Å². The summed E-state index contributed by atoms with van der Waals surface area (Å²) in [5, 5.41) is 3.05. The van der Waals surface area contributed by atoms with Crippen LogP contribution in [0.1, 0.15) is 5.69 Å². The molecule has 0 aliphatic carbocycles. The van der Waals surface area contributed by atoms with Crippen LogP contribution in [-0.2, 0) is 11.3 Å². The molecule has 0 unspecified atom stereocenters. The Balaban J connectivity index is 2.18. The number of aliphatic imine (C=N–C) groups is 1. The van der Waals surface area contributed by atoms with Gasteiger partial charge in [0.25, 0.3) is 0 Å². The van der Waals surface area contributed by atoms with E-state index in [9.17, 15) is 0 Å². The number of amidine groups is 1. The molecule has 0 atom stereocenters. The van der Waals surface area contributed by atoms with E-state index in [0.29, 0.717) is 13.2 Å². The van der Waals surface area contributed by atoms with Gasteiger partial charge in [-0.2, -0.15) is 0 Å². The quantitative estimate of drug-likeness (QED) is 0.714. The molecule has 68 valence electrons. The number of nitrogens with one attached hydrogen (secondary N) is 1. The fourth-order valence-corrected chi connectivity index (χ4v) is 1.15. The first-order valence-corrected chi connectivity index (χ1v) is 3.99. The molecule has 0 saturated carbocycles. The van der Waals surface area contributed by atoms with Crippen molar-refractivity contribution in [3.05, 3.63) is 18.1 Å². The van der Waals surface area contributed by atoms with Crippen molar-refractivity contribution >= 4 is 11.7 Å². The zero-order valence-corrected chi connectivity index (χ0v) is 7.32. The third kappa shape index (κ3) is 1.65. The van der Waals surface area contributed by atoms with Gasteiger partial charge in [0.1, 0.15) is 18.1 Å². The predicted molar refractivity (Wildman–Crippen MR) is 48.7 cm³/mol. The number of rotatable bonds is 2. The lowest BCUT2D eigenvalue weighted by Crippen LogP contribution is -2.23. The van der Waals surface area contributed by atoms with Gasteiger partial charge in [-0.15, -0.1) is 0 Å². The maximum atomic E-state index is 4.95. The molecule has 0 aromatic carbocycles. The summed E-state index contributed by atoms with van der Waals surface area (Å²) in [6.45, 7) is 1.06. The Hall–Kier alpha value is -1.49. The standard InChI is InChI=1S/C8H10N4O/c1-13-5-7-11-4-6-8(12-7)10-3-2-9-6/h2-3H,4-5H2,1H3,(H,10,11,12). The van der Waals surface area contributed by atoms with Gasteiger partial charge in [-0.3, -0.25) is 9.98 Å². The van der Waals surface area contributed by atoms with Crippen molar-refractivity contribution < 1.29 is 4.74 Å². The van der Waals surface area contributed by atoms with Crippen molar-refractivity contribution in [2.45, 2.75) is 6.54 Å². The molecule has 1 N–H and O–H groups in total. The molecule has 1 aromatic heterocycles. The summed E-state index contributed by atoms with van der Waals surface area (Å²) in [6.07, 6.45) is 3.32. The van der Waals surface area contributed by atoms with Crippen LogP contribution in [0.5, 0.6) is 0 Å². The lowest BCUT2D eigenvalue weighted by molar-refractivity contribution is 0.244. The molecule has 2 rings (SSSR count). The van der Waals surface area contributed by atoms with Crippen LogP contribution in [0.25, 0.3) is 0 Å². The number of methoxy groups -OCH3 is 1. The van der Waals surface area contributed by atoms with E-state index in [1.807, 2.05) is 0 Å². The fourth-order valence-electron chi connectivity index (χ4n) is 1.15. The Bertz CT molecular complexity index is 337. The Kier molecular flexibility index (Phi) is 2.18. The third-order valence-corrected chi connectivity index (χ3v) is 1.74. The van der Waals surface area contributed by atoms with E-state index in [1.54, 1.807) is 19.5 Å². The van der Waals surface area contributed by atoms with Crippen LogP contribution in [0.4, 0.5) is 5.82 Å². The molecule has 0 saturated heterocycles. The zero-order chi connectivity index (χ0) is 9.10. The van der Waals surface area contributed by atoms with Crippen LogP contribution < -0.4 is 5.32 Å². The second-order valence-electron chi connectivity index (χ2n) is 2.67. The number of hydrogen-bond donors (Lipinski definition) is 1. The van der Waals surface area contributed by atoms with Crippen LogP contribution in [0, 0.1) is 0 Å². The number of ether oxygens (including phenoxy) is 1. The largest absolute Gasteiger partial charge is 0.377 e. The molecule has 1 aliphatic rings. The Labute approximate surface area is 75.9 Å². The van der Waals surface area contributed by atoms with E-state index in [1.165, 1.54) is 0 Å². The van der Waals surface area contributed by atoms with Crippen molar-refractivity contribution in [2.75, 3.05) is 19.0 Å². The van der Waals surface area contributed by atoms with Crippen LogP contribution >= 0.6 is 0 Å². The van der Waals surface area contributed by atoms with E-state index in [-0.39, 0.29) is 0 Å². The lowest BCUT2D eigenvalue weighted by atomic mass is 10.3. The normalized spacial score (nSPS) is 14.4. The first kappa shape index (κ1) is 8.12. The van der Waals surface area contributed by atoms with Gasteiger partial charge in [-0.05, 0) is 0 Å². The van der Waals surface area contributed by atoms with Crippen molar-refractivity contribution in [1.29, 1.82) is 0 Å². The first-order chi connectivity index (χ1) is 6.40. The van der Waals surface area contributed by atoms with E-state index in [0.717, 1.165) is 17.3 Å². The van der Waals surface area contributed by atoms with E-state index in [2.05, 4.69) is 20.3 Å². The maximum Gasteiger partial charge on any atom is 0.155 e. The molecule has 5 nitrogen and oxygen atoms in total. The van der Waals surface area contributed by atoms with Gasteiger partial charge in [0.05, 0.1) is 6.54 Å². The molecule has 2 heterocycles. The Morgan fingerprint density at radius 3 is 3.15 bits per heavy atom. The van der Waals surface area contributed by atoms with Gasteiger partial charge in [0, 0.05) is 19.5 Å². The molecule has 1 aromatic rings. The Morgan fingerprint density at radius 2 is 2.31 bits per heavy atom. The minimum atomic E-state index is 0.482. The molecule has 0 bridgehead atoms. The van der Waals surface area contributed by atoms with Gasteiger partial charge < -0.3 is 10.1 Å². The van der Waals surface area contributed by atoms with Gasteiger partial charge >= 0.3 is 0 Å². The molecular weight excluding hydrogens is 168 g/mol. The summed E-state index contributed by atoms with van der Waals surface area (Å²) in [5.41, 5.74) is 0.877. The lowest BCUT2D eigenvalue weighted by Gasteiger charge is -2.15. The summed E-state index contributed by atoms with van der Waals surface area (Å²) in [4.78, 5) is 12.5. The minimum absolute atomic E-state index is 0.482. The monoisotopic (exact) mass is 178 g/mol. The van der Waals surface area contributed by atoms with Gasteiger partial charge in [-0.1, -0.05) is 0 Å². The predicted octanol–water partition coefficient (Wildman–Crippen LogP) is 0.447. The molecule has 0 spiro atoms. The number of hydrogen-bond acceptors (Lipinski definition) is 5. The van der Waals surface area contributed by atoms with Crippen molar-refractivity contribution in [2.24, 2.45) is 4.99 Å². The third-order valence-electron chi connectivity index (χ3n) is 1.74. The van der Waals surface area contributed by atoms with E-state index < -0.39 is 0 Å². The molecule has 0 fully saturated rings. The van der Waals surface area contributed by atoms with Gasteiger partial charge in [0.15, 0.2) is 5.82 Å². The SMILES string of the molecule is COCC1=NCc2nccnc2N1. The highest BCUT2D eigenvalue weighted by molar-refractivity contribution is 5.97. The fraction of sp³-hybridized carbons (Fsp3) is 0.375. The summed E-state index contributed by atoms with van der Waals surface area (Å²) >= 11 is 0. The van der Waals surface area contributed by atoms with Gasteiger partial charge in [-0.25, -0.2) is 4.98 Å². The maximum absolute atomic E-state index is 4.95. The highest BCUT2D eigenvalue weighted by Crippen LogP contribution is 2.13. The molecule has 1 aliphatic heterocycles. The molecular formula is C8H10N4O. The first-order valence-electron chi connectivity index (χ1n) is 3.99. The summed E-state index contributed by atoms with van der Waals surface area (Å²) in [7, 11) is 1.64. The Morgan fingerprint density at radius 1 is 1.46 bits per heavy atom. The average Bonchev–Trinajstić information content (AvgIpc) is 2.18. The highest BCUT2D eigenvalue weighted by Gasteiger charge is 2.12. The zero-order valence-electron chi connectivity index (χ0n) is 7.32. The van der Waals surface area contributed by atoms with Gasteiger partial charge in [0.2, 0.25) is 0 Å². The second kappa shape index (κ2) is 3.49. The molecule has 5 heteroatoms. The average molecular weight is 178 g/mol. The van der Waals surface area contributed by atoms with Crippen LogP contribution in [-0.4, -0.2) is 29.5 Å². The number of anilines is 1. The molecule has 13 heavy (non-hydrogen) atoms. The van der Waals surface area contributed by atoms with E-state index in [4.69, 9.17) is 4.74 Å². The highest BCUT2D eigenvalue weighted by atomic mass is 16.5. The number of aromatic nitrogens is 2. The summed E-state index contributed by atoms with van der Waals surface area (Å²) in [5.74, 6) is 1.58.